The van der Waals surface area contributed by atoms with E-state index >= 15 is 0 Å². The molecule has 3 heterocycles. The maximum Gasteiger partial charge on any atom is 0.245 e. The second kappa shape index (κ2) is 4.41. The summed E-state index contributed by atoms with van der Waals surface area (Å²) < 4.78 is 1.74. The van der Waals surface area contributed by atoms with Crippen LogP contribution in [0.1, 0.15) is 12.8 Å². The number of rotatable bonds is 2. The number of nitrogens with one attached hydrogen (secondary N) is 1. The molecule has 1 saturated heterocycles. The fourth-order valence-electron chi connectivity index (χ4n) is 2.26. The van der Waals surface area contributed by atoms with Gasteiger partial charge in [0.15, 0.2) is 5.82 Å². The van der Waals surface area contributed by atoms with Gasteiger partial charge >= 0.3 is 0 Å². The van der Waals surface area contributed by atoms with Gasteiger partial charge in [0.1, 0.15) is 0 Å². The summed E-state index contributed by atoms with van der Waals surface area (Å²) in [6, 6.07) is 0.221. The molecule has 0 bridgehead atoms. The van der Waals surface area contributed by atoms with E-state index in [4.69, 9.17) is 5.73 Å². The Bertz CT molecular complexity index is 529. The SMILES string of the molecule is Cn1cc(-c2nc(N3CCCC(N)C3)n[nH]2)cn1. The van der Waals surface area contributed by atoms with E-state index in [1.54, 1.807) is 10.9 Å². The summed E-state index contributed by atoms with van der Waals surface area (Å²) in [7, 11) is 1.88. The topological polar surface area (TPSA) is 88.6 Å². The molecule has 0 amide bonds. The van der Waals surface area contributed by atoms with E-state index in [1.807, 2.05) is 13.2 Å². The molecule has 0 radical (unpaired) electrons. The van der Waals surface area contributed by atoms with Crippen LogP contribution in [0.5, 0.6) is 0 Å². The highest BCUT2D eigenvalue weighted by Crippen LogP contribution is 2.19. The summed E-state index contributed by atoms with van der Waals surface area (Å²) in [5.74, 6) is 1.47. The molecule has 2 aromatic rings. The summed E-state index contributed by atoms with van der Waals surface area (Å²) in [5.41, 5.74) is 6.91. The van der Waals surface area contributed by atoms with Crippen molar-refractivity contribution in [3.05, 3.63) is 12.4 Å². The molecule has 7 nitrogen and oxygen atoms in total. The number of hydrogen-bond acceptors (Lipinski definition) is 5. The van der Waals surface area contributed by atoms with Gasteiger partial charge in [0.25, 0.3) is 0 Å². The number of nitrogens with two attached hydrogens (primary N) is 1. The van der Waals surface area contributed by atoms with Crippen molar-refractivity contribution in [1.29, 1.82) is 0 Å². The summed E-state index contributed by atoms with van der Waals surface area (Å²) in [6.07, 6.45) is 5.85. The first kappa shape index (κ1) is 11.2. The number of aromatic nitrogens is 5. The number of piperidine rings is 1. The van der Waals surface area contributed by atoms with Crippen molar-refractivity contribution in [3.8, 4) is 11.4 Å². The van der Waals surface area contributed by atoms with Gasteiger partial charge in [-0.15, -0.1) is 5.10 Å². The number of hydrogen-bond donors (Lipinski definition) is 2. The minimum absolute atomic E-state index is 0.221. The van der Waals surface area contributed by atoms with E-state index in [0.29, 0.717) is 0 Å². The van der Waals surface area contributed by atoms with Crippen LogP contribution in [0, 0.1) is 0 Å². The second-order valence-corrected chi connectivity index (χ2v) is 4.74. The first-order valence-corrected chi connectivity index (χ1v) is 6.14. The highest BCUT2D eigenvalue weighted by Gasteiger charge is 2.20. The molecule has 1 aliphatic rings. The van der Waals surface area contributed by atoms with Crippen molar-refractivity contribution in [2.45, 2.75) is 18.9 Å². The molecule has 1 fully saturated rings. The average Bonchev–Trinajstić information content (AvgIpc) is 2.97. The molecule has 1 aliphatic heterocycles. The smallest absolute Gasteiger partial charge is 0.245 e. The molecule has 3 N–H and O–H groups in total. The number of anilines is 1. The molecule has 3 rings (SSSR count). The van der Waals surface area contributed by atoms with Crippen LogP contribution >= 0.6 is 0 Å². The number of H-pyrrole nitrogens is 1. The molecule has 1 atom stereocenters. The fraction of sp³-hybridized carbons (Fsp3) is 0.545. The average molecular weight is 247 g/mol. The minimum Gasteiger partial charge on any atom is -0.338 e. The van der Waals surface area contributed by atoms with Gasteiger partial charge in [-0.3, -0.25) is 9.78 Å². The summed E-state index contributed by atoms with van der Waals surface area (Å²) >= 11 is 0. The van der Waals surface area contributed by atoms with Crippen LogP contribution in [0.2, 0.25) is 0 Å². The molecule has 0 aliphatic carbocycles. The van der Waals surface area contributed by atoms with Crippen LogP contribution in [-0.4, -0.2) is 44.1 Å². The van der Waals surface area contributed by atoms with Gasteiger partial charge in [0.2, 0.25) is 5.95 Å². The standard InChI is InChI=1S/C11H17N7/c1-17-6-8(5-13-17)10-14-11(16-15-10)18-4-2-3-9(12)7-18/h5-6,9H,2-4,7,12H2,1H3,(H,14,15,16). The van der Waals surface area contributed by atoms with Gasteiger partial charge in [-0.1, -0.05) is 0 Å². The number of aryl methyl sites for hydroxylation is 1. The largest absolute Gasteiger partial charge is 0.338 e. The van der Waals surface area contributed by atoms with E-state index in [2.05, 4.69) is 25.2 Å². The lowest BCUT2D eigenvalue weighted by molar-refractivity contribution is 0.500. The minimum atomic E-state index is 0.221. The molecule has 1 unspecified atom stereocenters. The summed E-state index contributed by atoms with van der Waals surface area (Å²) in [4.78, 5) is 6.63. The fourth-order valence-corrected chi connectivity index (χ4v) is 2.26. The Morgan fingerprint density at radius 2 is 2.39 bits per heavy atom. The first-order chi connectivity index (χ1) is 8.72. The van der Waals surface area contributed by atoms with Gasteiger partial charge in [0.05, 0.1) is 11.8 Å². The van der Waals surface area contributed by atoms with Gasteiger partial charge in [-0.2, -0.15) is 10.1 Å². The van der Waals surface area contributed by atoms with Crippen molar-refractivity contribution in [2.75, 3.05) is 18.0 Å². The van der Waals surface area contributed by atoms with E-state index in [9.17, 15) is 0 Å². The third-order valence-corrected chi connectivity index (χ3v) is 3.19. The maximum absolute atomic E-state index is 5.96. The van der Waals surface area contributed by atoms with Crippen molar-refractivity contribution < 1.29 is 0 Å². The van der Waals surface area contributed by atoms with Crippen LogP contribution in [0.15, 0.2) is 12.4 Å². The van der Waals surface area contributed by atoms with E-state index in [1.165, 1.54) is 0 Å². The van der Waals surface area contributed by atoms with Crippen LogP contribution in [-0.2, 0) is 7.05 Å². The van der Waals surface area contributed by atoms with Crippen molar-refractivity contribution in [3.63, 3.8) is 0 Å². The zero-order chi connectivity index (χ0) is 12.5. The predicted molar refractivity (Wildman–Crippen MR) is 68.0 cm³/mol. The lowest BCUT2D eigenvalue weighted by Gasteiger charge is -2.29. The van der Waals surface area contributed by atoms with Crippen molar-refractivity contribution >= 4 is 5.95 Å². The van der Waals surface area contributed by atoms with E-state index < -0.39 is 0 Å². The van der Waals surface area contributed by atoms with Crippen molar-refractivity contribution in [1.82, 2.24) is 25.0 Å². The lowest BCUT2D eigenvalue weighted by atomic mass is 10.1. The molecule has 0 spiro atoms. The van der Waals surface area contributed by atoms with Gasteiger partial charge in [-0.05, 0) is 12.8 Å². The first-order valence-electron chi connectivity index (χ1n) is 6.14. The zero-order valence-electron chi connectivity index (χ0n) is 10.4. The summed E-state index contributed by atoms with van der Waals surface area (Å²) in [5, 5.41) is 11.3. The Labute approximate surface area is 105 Å². The second-order valence-electron chi connectivity index (χ2n) is 4.74. The Morgan fingerprint density at radius 1 is 1.50 bits per heavy atom. The highest BCUT2D eigenvalue weighted by atomic mass is 15.4. The third-order valence-electron chi connectivity index (χ3n) is 3.19. The van der Waals surface area contributed by atoms with Gasteiger partial charge in [-0.25, -0.2) is 0 Å². The molecule has 0 aromatic carbocycles. The molecule has 7 heteroatoms. The van der Waals surface area contributed by atoms with E-state index in [-0.39, 0.29) is 6.04 Å². The molecular weight excluding hydrogens is 230 g/mol. The van der Waals surface area contributed by atoms with Crippen LogP contribution in [0.4, 0.5) is 5.95 Å². The Morgan fingerprint density at radius 3 is 3.11 bits per heavy atom. The number of nitrogens with zero attached hydrogens (tertiary/aromatic N) is 5. The summed E-state index contributed by atoms with van der Waals surface area (Å²) in [6.45, 7) is 1.79. The quantitative estimate of drug-likeness (QED) is 0.787. The van der Waals surface area contributed by atoms with Crippen LogP contribution in [0.3, 0.4) is 0 Å². The molecule has 2 aromatic heterocycles. The van der Waals surface area contributed by atoms with Gasteiger partial charge in [0, 0.05) is 32.4 Å². The predicted octanol–water partition coefficient (Wildman–Crippen LogP) is 0.133. The Kier molecular flexibility index (Phi) is 2.75. The Hall–Kier alpha value is -1.89. The van der Waals surface area contributed by atoms with Crippen LogP contribution in [0.25, 0.3) is 11.4 Å². The number of aromatic amines is 1. The lowest BCUT2D eigenvalue weighted by Crippen LogP contribution is -2.43. The maximum atomic E-state index is 5.96. The zero-order valence-corrected chi connectivity index (χ0v) is 10.4. The Balaban J connectivity index is 1.80. The normalized spacial score (nSPS) is 20.3. The molecular formula is C11H17N7. The molecule has 96 valence electrons. The van der Waals surface area contributed by atoms with Crippen molar-refractivity contribution in [2.24, 2.45) is 12.8 Å². The molecule has 0 saturated carbocycles. The monoisotopic (exact) mass is 247 g/mol. The van der Waals surface area contributed by atoms with E-state index in [0.717, 1.165) is 43.3 Å². The highest BCUT2D eigenvalue weighted by molar-refractivity contribution is 5.54. The van der Waals surface area contributed by atoms with Gasteiger partial charge < -0.3 is 10.6 Å². The van der Waals surface area contributed by atoms with Crippen LogP contribution < -0.4 is 10.6 Å². The molecule has 18 heavy (non-hydrogen) atoms. The third kappa shape index (κ3) is 2.08.